The average molecular weight is 478 g/mol. The number of nitriles is 1. The van der Waals surface area contributed by atoms with Crippen molar-refractivity contribution >= 4 is 23.1 Å². The van der Waals surface area contributed by atoms with Crippen LogP contribution >= 0.6 is 0 Å². The van der Waals surface area contributed by atoms with Crippen molar-refractivity contribution < 1.29 is 14.7 Å². The van der Waals surface area contributed by atoms with Crippen molar-refractivity contribution in [1.29, 1.82) is 5.26 Å². The number of primary amides is 1. The number of anilines is 1. The number of nitrogens with one attached hydrogen (secondary N) is 1. The summed E-state index contributed by atoms with van der Waals surface area (Å²) >= 11 is 0. The Hall–Kier alpha value is -3.98. The van der Waals surface area contributed by atoms with Crippen LogP contribution in [0.25, 0.3) is 16.9 Å². The van der Waals surface area contributed by atoms with Gasteiger partial charge < -0.3 is 21.1 Å². The molecule has 0 radical (unpaired) electrons. The number of aliphatic hydroxyl groups excluding tert-OH is 1. The standard InChI is InChI=1S/C23H27N9O3/c1-13-7-30(22(35)23(12-24)3-4-23)10-17(13)28-19-16(20(25)34)6-27-32-11-18(29-21(19)32)15-5-26-31(9-15)8-14(2)33/h5-6,9,11,13-14,17,28,33H,3-4,7-8,10H2,1-2H3,(H2,25,34)/t13-,14+,17-/m1/s1. The first-order valence-electron chi connectivity index (χ1n) is 11.6. The van der Waals surface area contributed by atoms with Gasteiger partial charge in [0, 0.05) is 30.9 Å². The number of carbonyl (C=O) groups excluding carboxylic acids is 2. The molecule has 35 heavy (non-hydrogen) atoms. The maximum absolute atomic E-state index is 12.9. The lowest BCUT2D eigenvalue weighted by atomic mass is 10.1. The van der Waals surface area contributed by atoms with Gasteiger partial charge in [0.05, 0.1) is 54.3 Å². The summed E-state index contributed by atoms with van der Waals surface area (Å²) in [5.41, 5.74) is 7.18. The van der Waals surface area contributed by atoms with E-state index in [0.717, 1.165) is 5.56 Å². The van der Waals surface area contributed by atoms with Gasteiger partial charge >= 0.3 is 0 Å². The van der Waals surface area contributed by atoms with E-state index in [1.807, 2.05) is 6.92 Å². The van der Waals surface area contributed by atoms with Crippen molar-refractivity contribution in [3.8, 4) is 17.3 Å². The number of amides is 2. The van der Waals surface area contributed by atoms with Gasteiger partial charge in [0.15, 0.2) is 5.65 Å². The van der Waals surface area contributed by atoms with Crippen LogP contribution in [0.4, 0.5) is 5.69 Å². The Morgan fingerprint density at radius 2 is 2.09 bits per heavy atom. The van der Waals surface area contributed by atoms with Crippen LogP contribution in [0.3, 0.4) is 0 Å². The fourth-order valence-electron chi connectivity index (χ4n) is 4.58. The van der Waals surface area contributed by atoms with Crippen molar-refractivity contribution in [2.45, 2.75) is 45.4 Å². The summed E-state index contributed by atoms with van der Waals surface area (Å²) in [6.45, 7) is 4.99. The number of fused-ring (bicyclic) bond motifs is 1. The number of nitrogens with zero attached hydrogens (tertiary/aromatic N) is 7. The summed E-state index contributed by atoms with van der Waals surface area (Å²) in [7, 11) is 0. The first-order chi connectivity index (χ1) is 16.7. The SMILES string of the molecule is C[C@H](O)Cn1cc(-c2cn3ncc(C(N)=O)c(N[C@@H]4CN(C(=O)C5(C#N)CC5)C[C@H]4C)c3n2)cn1. The maximum Gasteiger partial charge on any atom is 0.252 e. The Morgan fingerprint density at radius 1 is 1.31 bits per heavy atom. The fraction of sp³-hybridized carbons (Fsp3) is 0.478. The van der Waals surface area contributed by atoms with Gasteiger partial charge in [-0.25, -0.2) is 9.50 Å². The Balaban J connectivity index is 1.45. The van der Waals surface area contributed by atoms with Crippen LogP contribution in [0.2, 0.25) is 0 Å². The molecule has 1 aliphatic carbocycles. The highest BCUT2D eigenvalue weighted by atomic mass is 16.3. The first-order valence-corrected chi connectivity index (χ1v) is 11.6. The number of hydrogen-bond acceptors (Lipinski definition) is 8. The fourth-order valence-corrected chi connectivity index (χ4v) is 4.58. The van der Waals surface area contributed by atoms with Crippen LogP contribution in [-0.2, 0) is 11.3 Å². The van der Waals surface area contributed by atoms with Gasteiger partial charge in [-0.2, -0.15) is 15.5 Å². The van der Waals surface area contributed by atoms with Gasteiger partial charge in [-0.1, -0.05) is 6.92 Å². The average Bonchev–Trinajstić information content (AvgIpc) is 3.10. The predicted octanol–water partition coefficient (Wildman–Crippen LogP) is 0.635. The van der Waals surface area contributed by atoms with Crippen LogP contribution in [0.15, 0.2) is 24.8 Å². The highest BCUT2D eigenvalue weighted by Crippen LogP contribution is 2.47. The molecule has 3 aromatic rings. The van der Waals surface area contributed by atoms with Crippen LogP contribution in [0.5, 0.6) is 0 Å². The molecular formula is C23H27N9O3. The maximum atomic E-state index is 12.9. The van der Waals surface area contributed by atoms with E-state index in [2.05, 4.69) is 21.6 Å². The van der Waals surface area contributed by atoms with E-state index in [0.29, 0.717) is 49.5 Å². The van der Waals surface area contributed by atoms with Crippen molar-refractivity contribution in [3.05, 3.63) is 30.4 Å². The van der Waals surface area contributed by atoms with Crippen molar-refractivity contribution in [1.82, 2.24) is 29.3 Å². The molecule has 0 aromatic carbocycles. The van der Waals surface area contributed by atoms with Crippen molar-refractivity contribution in [2.75, 3.05) is 18.4 Å². The molecule has 3 atom stereocenters. The quantitative estimate of drug-likeness (QED) is 0.445. The van der Waals surface area contributed by atoms with E-state index in [4.69, 9.17) is 10.7 Å². The Morgan fingerprint density at radius 3 is 2.74 bits per heavy atom. The van der Waals surface area contributed by atoms with Crippen LogP contribution in [0, 0.1) is 22.7 Å². The van der Waals surface area contributed by atoms with E-state index in [1.54, 1.807) is 39.6 Å². The summed E-state index contributed by atoms with van der Waals surface area (Å²) in [4.78, 5) is 31.5. The molecule has 1 saturated heterocycles. The molecule has 4 heterocycles. The van der Waals surface area contributed by atoms with Gasteiger partial charge in [0.1, 0.15) is 5.41 Å². The number of rotatable bonds is 7. The number of carbonyl (C=O) groups is 2. The van der Waals surface area contributed by atoms with Gasteiger partial charge in [-0.15, -0.1) is 0 Å². The molecule has 182 valence electrons. The summed E-state index contributed by atoms with van der Waals surface area (Å²) in [5, 5.41) is 31.0. The highest BCUT2D eigenvalue weighted by Gasteiger charge is 2.54. The van der Waals surface area contributed by atoms with Crippen LogP contribution in [-0.4, -0.2) is 71.4 Å². The molecule has 2 amide bonds. The summed E-state index contributed by atoms with van der Waals surface area (Å²) < 4.78 is 3.19. The lowest BCUT2D eigenvalue weighted by molar-refractivity contribution is -0.134. The molecule has 2 fully saturated rings. The normalized spacial score (nSPS) is 21.6. The summed E-state index contributed by atoms with van der Waals surface area (Å²) in [6.07, 6.45) is 7.23. The van der Waals surface area contributed by atoms with E-state index >= 15 is 0 Å². The van der Waals surface area contributed by atoms with Crippen LogP contribution in [0.1, 0.15) is 37.0 Å². The Labute approximate surface area is 201 Å². The second-order valence-electron chi connectivity index (χ2n) is 9.62. The topological polar surface area (TPSA) is 167 Å². The lowest BCUT2D eigenvalue weighted by Gasteiger charge is -2.21. The monoisotopic (exact) mass is 477 g/mol. The second kappa shape index (κ2) is 8.35. The van der Waals surface area contributed by atoms with Crippen LogP contribution < -0.4 is 11.1 Å². The zero-order valence-electron chi connectivity index (χ0n) is 19.5. The highest BCUT2D eigenvalue weighted by molar-refractivity contribution is 6.01. The minimum atomic E-state index is -0.868. The smallest absolute Gasteiger partial charge is 0.252 e. The minimum absolute atomic E-state index is 0.0792. The molecule has 0 unspecified atom stereocenters. The molecule has 0 bridgehead atoms. The van der Waals surface area contributed by atoms with Gasteiger partial charge in [-0.05, 0) is 25.7 Å². The number of nitrogens with two attached hydrogens (primary N) is 1. The van der Waals surface area contributed by atoms with Crippen molar-refractivity contribution in [2.24, 2.45) is 17.1 Å². The number of hydrogen-bond donors (Lipinski definition) is 3. The molecule has 2 aliphatic rings. The Bertz CT molecular complexity index is 1350. The summed E-state index contributed by atoms with van der Waals surface area (Å²) in [5.74, 6) is -0.684. The zero-order chi connectivity index (χ0) is 24.9. The van der Waals surface area contributed by atoms with E-state index in [-0.39, 0.29) is 23.4 Å². The first kappa shape index (κ1) is 22.8. The second-order valence-corrected chi connectivity index (χ2v) is 9.62. The molecule has 12 nitrogen and oxygen atoms in total. The molecule has 3 aromatic heterocycles. The van der Waals surface area contributed by atoms with Gasteiger partial charge in [0.2, 0.25) is 5.91 Å². The summed E-state index contributed by atoms with van der Waals surface area (Å²) in [6, 6.07) is 2.01. The largest absolute Gasteiger partial charge is 0.391 e. The van der Waals surface area contributed by atoms with Gasteiger partial charge in [-0.3, -0.25) is 14.3 Å². The minimum Gasteiger partial charge on any atom is -0.391 e. The molecule has 12 heteroatoms. The number of aliphatic hydroxyl groups is 1. The third-order valence-corrected chi connectivity index (χ3v) is 6.74. The third kappa shape index (κ3) is 4.08. The number of imidazole rings is 1. The van der Waals surface area contributed by atoms with Crippen molar-refractivity contribution in [3.63, 3.8) is 0 Å². The number of aromatic nitrogens is 5. The van der Waals surface area contributed by atoms with E-state index in [9.17, 15) is 20.0 Å². The predicted molar refractivity (Wildman–Crippen MR) is 125 cm³/mol. The number of likely N-dealkylation sites (tertiary alicyclic amines) is 1. The van der Waals surface area contributed by atoms with E-state index in [1.165, 1.54) is 6.20 Å². The molecule has 4 N–H and O–H groups in total. The molecule has 0 spiro atoms. The Kier molecular flexibility index (Phi) is 5.44. The molecule has 1 saturated carbocycles. The zero-order valence-corrected chi connectivity index (χ0v) is 19.5. The third-order valence-electron chi connectivity index (χ3n) is 6.74. The molecule has 1 aliphatic heterocycles. The molecular weight excluding hydrogens is 450 g/mol. The molecule has 5 rings (SSSR count). The van der Waals surface area contributed by atoms with Gasteiger partial charge in [0.25, 0.3) is 5.91 Å². The van der Waals surface area contributed by atoms with E-state index < -0.39 is 17.4 Å². The lowest BCUT2D eigenvalue weighted by Crippen LogP contribution is -2.36.